The average Bonchev–Trinajstić information content (AvgIpc) is 2.66. The molecule has 134 valence electrons. The highest BCUT2D eigenvalue weighted by atomic mass is 16.2. The van der Waals surface area contributed by atoms with Crippen molar-refractivity contribution in [1.82, 2.24) is 14.9 Å². The first-order valence-electron chi connectivity index (χ1n) is 9.09. The van der Waals surface area contributed by atoms with Crippen LogP contribution < -0.4 is 4.90 Å². The summed E-state index contributed by atoms with van der Waals surface area (Å²) in [6, 6.07) is 10.0. The van der Waals surface area contributed by atoms with Crippen LogP contribution in [0.5, 0.6) is 0 Å². The summed E-state index contributed by atoms with van der Waals surface area (Å²) < 4.78 is 0. The van der Waals surface area contributed by atoms with Gasteiger partial charge in [0, 0.05) is 38.6 Å². The van der Waals surface area contributed by atoms with Gasteiger partial charge in [-0.25, -0.2) is 9.97 Å². The molecule has 0 spiro atoms. The number of hydrogen-bond acceptors (Lipinski definition) is 4. The zero-order valence-corrected chi connectivity index (χ0v) is 15.5. The summed E-state index contributed by atoms with van der Waals surface area (Å²) in [5, 5.41) is 0. The summed E-state index contributed by atoms with van der Waals surface area (Å²) >= 11 is 0. The fourth-order valence-corrected chi connectivity index (χ4v) is 2.76. The molecule has 0 aliphatic rings. The van der Waals surface area contributed by atoms with Crippen molar-refractivity contribution < 1.29 is 4.79 Å². The van der Waals surface area contributed by atoms with Gasteiger partial charge in [-0.1, -0.05) is 44.2 Å². The van der Waals surface area contributed by atoms with Gasteiger partial charge in [-0.3, -0.25) is 4.79 Å². The predicted octanol–water partition coefficient (Wildman–Crippen LogP) is 3.77. The monoisotopic (exact) mass is 340 g/mol. The SMILES string of the molecule is CCCN(CCC)c1ncc(C(=O)N(CC)Cc2ccccc2)cn1. The van der Waals surface area contributed by atoms with E-state index < -0.39 is 0 Å². The Hall–Kier alpha value is -2.43. The Balaban J connectivity index is 2.10. The van der Waals surface area contributed by atoms with Crippen molar-refractivity contribution >= 4 is 11.9 Å². The number of amides is 1. The van der Waals surface area contributed by atoms with Crippen LogP contribution in [0.25, 0.3) is 0 Å². The molecular formula is C20H28N4O. The number of rotatable bonds is 9. The molecule has 0 saturated carbocycles. The van der Waals surface area contributed by atoms with Crippen molar-refractivity contribution in [2.75, 3.05) is 24.5 Å². The van der Waals surface area contributed by atoms with E-state index in [9.17, 15) is 4.79 Å². The van der Waals surface area contributed by atoms with Crippen molar-refractivity contribution in [3.8, 4) is 0 Å². The average molecular weight is 340 g/mol. The van der Waals surface area contributed by atoms with Gasteiger partial charge in [-0.05, 0) is 25.3 Å². The van der Waals surface area contributed by atoms with Crippen LogP contribution >= 0.6 is 0 Å². The Morgan fingerprint density at radius 2 is 1.56 bits per heavy atom. The molecule has 0 bridgehead atoms. The van der Waals surface area contributed by atoms with Gasteiger partial charge >= 0.3 is 0 Å². The Kier molecular flexibility index (Phi) is 7.38. The first-order chi connectivity index (χ1) is 12.2. The third-order valence-electron chi connectivity index (χ3n) is 4.04. The number of hydrogen-bond donors (Lipinski definition) is 0. The van der Waals surface area contributed by atoms with Crippen molar-refractivity contribution in [2.45, 2.75) is 40.2 Å². The number of aromatic nitrogens is 2. The summed E-state index contributed by atoms with van der Waals surface area (Å²) in [7, 11) is 0. The standard InChI is InChI=1S/C20H28N4O/c1-4-12-24(13-5-2)20-21-14-18(15-22-20)19(25)23(6-3)16-17-10-8-7-9-11-17/h7-11,14-15H,4-6,12-13,16H2,1-3H3. The maximum absolute atomic E-state index is 12.7. The lowest BCUT2D eigenvalue weighted by molar-refractivity contribution is 0.0751. The minimum absolute atomic E-state index is 0.0320. The van der Waals surface area contributed by atoms with Gasteiger partial charge in [0.15, 0.2) is 0 Å². The molecule has 0 radical (unpaired) electrons. The Bertz CT molecular complexity index is 637. The highest BCUT2D eigenvalue weighted by molar-refractivity contribution is 5.93. The second-order valence-corrected chi connectivity index (χ2v) is 6.06. The molecule has 5 nitrogen and oxygen atoms in total. The van der Waals surface area contributed by atoms with Gasteiger partial charge in [0.1, 0.15) is 0 Å². The summed E-state index contributed by atoms with van der Waals surface area (Å²) in [6.07, 6.45) is 5.39. The summed E-state index contributed by atoms with van der Waals surface area (Å²) in [5.41, 5.74) is 1.65. The zero-order valence-electron chi connectivity index (χ0n) is 15.5. The number of anilines is 1. The summed E-state index contributed by atoms with van der Waals surface area (Å²) in [5.74, 6) is 0.668. The van der Waals surface area contributed by atoms with E-state index in [-0.39, 0.29) is 5.91 Å². The molecule has 0 aliphatic carbocycles. The molecule has 2 aromatic rings. The lowest BCUT2D eigenvalue weighted by Crippen LogP contribution is -2.31. The molecular weight excluding hydrogens is 312 g/mol. The van der Waals surface area contributed by atoms with Crippen LogP contribution in [-0.4, -0.2) is 40.4 Å². The van der Waals surface area contributed by atoms with Crippen LogP contribution in [-0.2, 0) is 6.54 Å². The van der Waals surface area contributed by atoms with Gasteiger partial charge in [-0.15, -0.1) is 0 Å². The van der Waals surface area contributed by atoms with Gasteiger partial charge in [-0.2, -0.15) is 0 Å². The molecule has 25 heavy (non-hydrogen) atoms. The first-order valence-corrected chi connectivity index (χ1v) is 9.09. The van der Waals surface area contributed by atoms with Gasteiger partial charge < -0.3 is 9.80 Å². The molecule has 0 unspecified atom stereocenters. The summed E-state index contributed by atoms with van der Waals surface area (Å²) in [4.78, 5) is 25.6. The molecule has 0 N–H and O–H groups in total. The van der Waals surface area contributed by atoms with Crippen LogP contribution in [0.4, 0.5) is 5.95 Å². The minimum Gasteiger partial charge on any atom is -0.341 e. The highest BCUT2D eigenvalue weighted by Gasteiger charge is 2.16. The molecule has 1 aromatic heterocycles. The quantitative estimate of drug-likeness (QED) is 0.697. The molecule has 0 atom stereocenters. The van der Waals surface area contributed by atoms with E-state index in [1.807, 2.05) is 42.2 Å². The van der Waals surface area contributed by atoms with Crippen molar-refractivity contribution in [3.05, 3.63) is 53.9 Å². The van der Waals surface area contributed by atoms with Crippen LogP contribution in [0.1, 0.15) is 49.5 Å². The second-order valence-electron chi connectivity index (χ2n) is 6.06. The molecule has 0 fully saturated rings. The number of carbonyl (C=O) groups excluding carboxylic acids is 1. The maximum Gasteiger partial charge on any atom is 0.257 e. The fraction of sp³-hybridized carbons (Fsp3) is 0.450. The Morgan fingerprint density at radius 3 is 2.08 bits per heavy atom. The van der Waals surface area contributed by atoms with E-state index in [0.29, 0.717) is 24.6 Å². The number of nitrogens with zero attached hydrogens (tertiary/aromatic N) is 4. The van der Waals surface area contributed by atoms with E-state index in [2.05, 4.69) is 28.7 Å². The van der Waals surface area contributed by atoms with E-state index in [4.69, 9.17) is 0 Å². The largest absolute Gasteiger partial charge is 0.341 e. The Morgan fingerprint density at radius 1 is 0.960 bits per heavy atom. The smallest absolute Gasteiger partial charge is 0.257 e. The number of benzene rings is 1. The molecule has 1 amide bonds. The lowest BCUT2D eigenvalue weighted by Gasteiger charge is -2.23. The topological polar surface area (TPSA) is 49.3 Å². The van der Waals surface area contributed by atoms with Gasteiger partial charge in [0.05, 0.1) is 5.56 Å². The zero-order chi connectivity index (χ0) is 18.1. The van der Waals surface area contributed by atoms with E-state index >= 15 is 0 Å². The molecule has 0 aliphatic heterocycles. The predicted molar refractivity (Wildman–Crippen MR) is 102 cm³/mol. The molecule has 5 heteroatoms. The fourth-order valence-electron chi connectivity index (χ4n) is 2.76. The van der Waals surface area contributed by atoms with Crippen molar-refractivity contribution in [1.29, 1.82) is 0 Å². The van der Waals surface area contributed by atoms with Gasteiger partial charge in [0.2, 0.25) is 5.95 Å². The highest BCUT2D eigenvalue weighted by Crippen LogP contribution is 2.12. The third kappa shape index (κ3) is 5.28. The van der Waals surface area contributed by atoms with Crippen molar-refractivity contribution in [2.24, 2.45) is 0 Å². The van der Waals surface area contributed by atoms with E-state index in [0.717, 1.165) is 31.5 Å². The lowest BCUT2D eigenvalue weighted by atomic mass is 10.2. The van der Waals surface area contributed by atoms with E-state index in [1.54, 1.807) is 12.4 Å². The van der Waals surface area contributed by atoms with E-state index in [1.165, 1.54) is 0 Å². The Labute approximate surface area is 150 Å². The number of carbonyl (C=O) groups is 1. The van der Waals surface area contributed by atoms with Crippen LogP contribution in [0.3, 0.4) is 0 Å². The van der Waals surface area contributed by atoms with Crippen LogP contribution in [0.15, 0.2) is 42.7 Å². The second kappa shape index (κ2) is 9.77. The molecule has 2 rings (SSSR count). The summed E-state index contributed by atoms with van der Waals surface area (Å²) in [6.45, 7) is 9.36. The molecule has 0 saturated heterocycles. The molecule has 1 aromatic carbocycles. The normalized spacial score (nSPS) is 10.5. The first kappa shape index (κ1) is 18.9. The van der Waals surface area contributed by atoms with Crippen molar-refractivity contribution in [3.63, 3.8) is 0 Å². The van der Waals surface area contributed by atoms with Gasteiger partial charge in [0.25, 0.3) is 5.91 Å². The minimum atomic E-state index is -0.0320. The maximum atomic E-state index is 12.7. The van der Waals surface area contributed by atoms with Crippen LogP contribution in [0, 0.1) is 0 Å². The molecule has 1 heterocycles. The van der Waals surface area contributed by atoms with Crippen LogP contribution in [0.2, 0.25) is 0 Å². The third-order valence-corrected chi connectivity index (χ3v) is 4.04.